The first-order valence-corrected chi connectivity index (χ1v) is 6.66. The molecule has 3 heteroatoms. The van der Waals surface area contributed by atoms with Crippen molar-refractivity contribution in [1.29, 1.82) is 0 Å². The number of thiophene rings is 1. The Bertz CT molecular complexity index is 322. The van der Waals surface area contributed by atoms with Gasteiger partial charge in [-0.3, -0.25) is 4.79 Å². The largest absolute Gasteiger partial charge is 0.300 e. The summed E-state index contributed by atoms with van der Waals surface area (Å²) < 4.78 is 1.24. The molecule has 0 aliphatic heterocycles. The molecule has 1 saturated carbocycles. The predicted molar refractivity (Wildman–Crippen MR) is 62.7 cm³/mol. The van der Waals surface area contributed by atoms with Crippen LogP contribution in [0.15, 0.2) is 15.9 Å². The first kappa shape index (κ1) is 10.4. The third kappa shape index (κ3) is 2.45. The first-order valence-electron chi connectivity index (χ1n) is 4.99. The minimum Gasteiger partial charge on any atom is -0.300 e. The van der Waals surface area contributed by atoms with E-state index in [1.807, 2.05) is 11.3 Å². The minimum absolute atomic E-state index is 0.450. The third-order valence-electron chi connectivity index (χ3n) is 2.83. The highest BCUT2D eigenvalue weighted by Gasteiger charge is 2.19. The Morgan fingerprint density at radius 1 is 1.43 bits per heavy atom. The van der Waals surface area contributed by atoms with E-state index in [1.54, 1.807) is 0 Å². The van der Waals surface area contributed by atoms with Crippen LogP contribution in [0.5, 0.6) is 0 Å². The molecule has 1 aromatic rings. The quantitative estimate of drug-likeness (QED) is 0.800. The summed E-state index contributed by atoms with van der Waals surface area (Å²) in [7, 11) is 0. The summed E-state index contributed by atoms with van der Waals surface area (Å²) in [5.41, 5.74) is 0. The average molecular weight is 273 g/mol. The van der Waals surface area contributed by atoms with Crippen LogP contribution in [-0.4, -0.2) is 5.78 Å². The van der Waals surface area contributed by atoms with E-state index in [9.17, 15) is 4.79 Å². The number of carbonyl (C=O) groups is 1. The highest BCUT2D eigenvalue weighted by atomic mass is 79.9. The number of rotatable bonds is 2. The van der Waals surface area contributed by atoms with E-state index in [0.29, 0.717) is 5.78 Å². The summed E-state index contributed by atoms with van der Waals surface area (Å²) in [6, 6.07) is 2.11. The second-order valence-electron chi connectivity index (χ2n) is 3.88. The molecule has 1 aromatic heterocycles. The Kier molecular flexibility index (Phi) is 3.39. The molecule has 0 aromatic carbocycles. The smallest absolute Gasteiger partial charge is 0.132 e. The van der Waals surface area contributed by atoms with Crippen molar-refractivity contribution in [2.45, 2.75) is 32.1 Å². The lowest BCUT2D eigenvalue weighted by Crippen LogP contribution is -2.15. The van der Waals surface area contributed by atoms with Gasteiger partial charge in [0.1, 0.15) is 5.78 Å². The van der Waals surface area contributed by atoms with Crippen LogP contribution in [0, 0.1) is 5.92 Å². The molecular formula is C11H13BrOS. The molecule has 1 nitrogen and oxygen atoms in total. The van der Waals surface area contributed by atoms with E-state index in [1.165, 1.54) is 9.35 Å². The highest BCUT2D eigenvalue weighted by Crippen LogP contribution is 2.30. The van der Waals surface area contributed by atoms with Gasteiger partial charge in [0.25, 0.3) is 0 Å². The normalized spacial score (nSPS) is 18.8. The fourth-order valence-corrected chi connectivity index (χ4v) is 3.57. The number of hydrogen-bond acceptors (Lipinski definition) is 2. The zero-order valence-electron chi connectivity index (χ0n) is 7.96. The van der Waals surface area contributed by atoms with E-state index in [0.717, 1.165) is 38.0 Å². The first-order chi connectivity index (χ1) is 6.75. The molecule has 0 radical (unpaired) electrons. The van der Waals surface area contributed by atoms with Gasteiger partial charge in [0, 0.05) is 22.2 Å². The minimum atomic E-state index is 0.450. The van der Waals surface area contributed by atoms with Gasteiger partial charge in [-0.05, 0) is 52.6 Å². The van der Waals surface area contributed by atoms with Crippen LogP contribution in [0.2, 0.25) is 0 Å². The summed E-state index contributed by atoms with van der Waals surface area (Å²) in [4.78, 5) is 12.5. The van der Waals surface area contributed by atoms with E-state index in [-0.39, 0.29) is 0 Å². The van der Waals surface area contributed by atoms with Crippen molar-refractivity contribution in [2.75, 3.05) is 0 Å². The van der Waals surface area contributed by atoms with Crippen LogP contribution in [0.3, 0.4) is 0 Å². The zero-order valence-corrected chi connectivity index (χ0v) is 10.4. The van der Waals surface area contributed by atoms with Gasteiger partial charge < -0.3 is 0 Å². The lowest BCUT2D eigenvalue weighted by atomic mass is 9.86. The Morgan fingerprint density at radius 2 is 2.14 bits per heavy atom. The maximum atomic E-state index is 11.1. The summed E-state index contributed by atoms with van der Waals surface area (Å²) in [5, 5.41) is 2.12. The predicted octanol–water partition coefficient (Wildman–Crippen LogP) is 3.81. The molecule has 0 N–H and O–H groups in total. The molecule has 76 valence electrons. The third-order valence-corrected chi connectivity index (χ3v) is 4.78. The molecule has 0 bridgehead atoms. The Balaban J connectivity index is 1.92. The monoisotopic (exact) mass is 272 g/mol. The van der Waals surface area contributed by atoms with Crippen LogP contribution in [-0.2, 0) is 11.2 Å². The van der Waals surface area contributed by atoms with Crippen molar-refractivity contribution in [3.05, 3.63) is 20.8 Å². The molecule has 1 fully saturated rings. The fourth-order valence-electron chi connectivity index (χ4n) is 1.94. The fraction of sp³-hybridized carbons (Fsp3) is 0.545. The summed E-state index contributed by atoms with van der Waals surface area (Å²) in [6.45, 7) is 0. The van der Waals surface area contributed by atoms with Crippen molar-refractivity contribution < 1.29 is 4.79 Å². The summed E-state index contributed by atoms with van der Waals surface area (Å²) in [5.74, 6) is 1.18. The Morgan fingerprint density at radius 3 is 2.71 bits per heavy atom. The maximum absolute atomic E-state index is 11.1. The molecule has 0 unspecified atom stereocenters. The molecule has 0 spiro atoms. The van der Waals surface area contributed by atoms with Crippen molar-refractivity contribution in [3.63, 3.8) is 0 Å². The van der Waals surface area contributed by atoms with Crippen LogP contribution in [0.4, 0.5) is 0 Å². The molecule has 1 aliphatic rings. The van der Waals surface area contributed by atoms with Gasteiger partial charge in [-0.25, -0.2) is 0 Å². The highest BCUT2D eigenvalue weighted by molar-refractivity contribution is 9.10. The topological polar surface area (TPSA) is 17.1 Å². The van der Waals surface area contributed by atoms with Gasteiger partial charge in [0.15, 0.2) is 0 Å². The molecule has 1 aliphatic carbocycles. The number of hydrogen-bond donors (Lipinski definition) is 0. The van der Waals surface area contributed by atoms with Crippen molar-refractivity contribution in [2.24, 2.45) is 5.92 Å². The van der Waals surface area contributed by atoms with Crippen molar-refractivity contribution >= 4 is 33.0 Å². The van der Waals surface area contributed by atoms with Crippen LogP contribution in [0.1, 0.15) is 30.6 Å². The molecule has 1 heterocycles. The van der Waals surface area contributed by atoms with Crippen LogP contribution >= 0.6 is 27.3 Å². The molecule has 0 amide bonds. The van der Waals surface area contributed by atoms with Crippen molar-refractivity contribution in [1.82, 2.24) is 0 Å². The van der Waals surface area contributed by atoms with E-state index < -0.39 is 0 Å². The number of halogens is 1. The van der Waals surface area contributed by atoms with Gasteiger partial charge in [0.2, 0.25) is 0 Å². The molecule has 0 saturated heterocycles. The number of ketones is 1. The van der Waals surface area contributed by atoms with Gasteiger partial charge in [-0.1, -0.05) is 0 Å². The van der Waals surface area contributed by atoms with Gasteiger partial charge >= 0.3 is 0 Å². The number of carbonyl (C=O) groups excluding carboxylic acids is 1. The molecule has 2 rings (SSSR count). The lowest BCUT2D eigenvalue weighted by molar-refractivity contribution is -0.120. The van der Waals surface area contributed by atoms with Gasteiger partial charge in [-0.15, -0.1) is 11.3 Å². The second-order valence-corrected chi connectivity index (χ2v) is 5.73. The zero-order chi connectivity index (χ0) is 9.97. The van der Waals surface area contributed by atoms with Crippen LogP contribution < -0.4 is 0 Å². The van der Waals surface area contributed by atoms with Gasteiger partial charge in [0.05, 0.1) is 0 Å². The van der Waals surface area contributed by atoms with E-state index >= 15 is 0 Å². The molecular weight excluding hydrogens is 260 g/mol. The molecule has 14 heavy (non-hydrogen) atoms. The Labute approximate surface area is 96.6 Å². The van der Waals surface area contributed by atoms with Crippen molar-refractivity contribution in [3.8, 4) is 0 Å². The average Bonchev–Trinajstić information content (AvgIpc) is 2.56. The summed E-state index contributed by atoms with van der Waals surface area (Å²) in [6.07, 6.45) is 4.92. The van der Waals surface area contributed by atoms with Crippen LogP contribution in [0.25, 0.3) is 0 Å². The molecule has 0 atom stereocenters. The van der Waals surface area contributed by atoms with Gasteiger partial charge in [-0.2, -0.15) is 0 Å². The number of Topliss-reactive ketones (excluding diaryl/α,β-unsaturated/α-hetero) is 1. The SMILES string of the molecule is O=C1CCC(Cc2sccc2Br)CC1. The second kappa shape index (κ2) is 4.58. The maximum Gasteiger partial charge on any atom is 0.132 e. The van der Waals surface area contributed by atoms with E-state index in [2.05, 4.69) is 27.4 Å². The standard InChI is InChI=1S/C11H13BrOS/c12-10-5-6-14-11(10)7-8-1-3-9(13)4-2-8/h5-6,8H,1-4,7H2. The lowest BCUT2D eigenvalue weighted by Gasteiger charge is -2.20. The summed E-state index contributed by atoms with van der Waals surface area (Å²) >= 11 is 5.36. The van der Waals surface area contributed by atoms with E-state index in [4.69, 9.17) is 0 Å². The Hall–Kier alpha value is -0.150.